The third-order valence-corrected chi connectivity index (χ3v) is 3.08. The Morgan fingerprint density at radius 3 is 2.39 bits per heavy atom. The highest BCUT2D eigenvalue weighted by molar-refractivity contribution is 5.68. The van der Waals surface area contributed by atoms with Gasteiger partial charge in [0.15, 0.2) is 0 Å². The highest BCUT2D eigenvalue weighted by Gasteiger charge is 2.35. The summed E-state index contributed by atoms with van der Waals surface area (Å²) in [6.45, 7) is 3.56. The van der Waals surface area contributed by atoms with Crippen LogP contribution in [0.1, 0.15) is 25.0 Å². The summed E-state index contributed by atoms with van der Waals surface area (Å²) in [7, 11) is 0. The molecule has 2 rings (SSSR count). The lowest BCUT2D eigenvalue weighted by Crippen LogP contribution is -2.09. The molecule has 120 valence electrons. The number of rotatable bonds is 3. The first kappa shape index (κ1) is 16.8. The Bertz CT molecular complexity index is 760. The van der Waals surface area contributed by atoms with Crippen molar-refractivity contribution in [1.82, 2.24) is 0 Å². The molecule has 0 aromatic heterocycles. The van der Waals surface area contributed by atoms with Crippen LogP contribution in [0.5, 0.6) is 5.75 Å². The van der Waals surface area contributed by atoms with E-state index >= 15 is 0 Å². The predicted molar refractivity (Wildman–Crippen MR) is 77.3 cm³/mol. The van der Waals surface area contributed by atoms with Crippen LogP contribution in [-0.4, -0.2) is 6.10 Å². The molecule has 0 radical (unpaired) electrons. The van der Waals surface area contributed by atoms with Crippen molar-refractivity contribution in [3.8, 4) is 22.9 Å². The molecule has 0 unspecified atom stereocenters. The number of benzene rings is 2. The summed E-state index contributed by atoms with van der Waals surface area (Å²) in [5.41, 5.74) is -1.24. The van der Waals surface area contributed by atoms with Gasteiger partial charge in [0, 0.05) is 5.56 Å². The minimum absolute atomic E-state index is 0.132. The molecule has 2 nitrogen and oxygen atoms in total. The zero-order valence-corrected chi connectivity index (χ0v) is 12.4. The molecule has 0 saturated heterocycles. The lowest BCUT2D eigenvalue weighted by Gasteiger charge is -2.14. The number of nitriles is 1. The van der Waals surface area contributed by atoms with Crippen molar-refractivity contribution in [1.29, 1.82) is 5.26 Å². The Labute approximate surface area is 130 Å². The van der Waals surface area contributed by atoms with Crippen LogP contribution in [0.2, 0.25) is 0 Å². The smallest absolute Gasteiger partial charge is 0.419 e. The van der Waals surface area contributed by atoms with Crippen LogP contribution in [0.4, 0.5) is 17.6 Å². The Kier molecular flexibility index (Phi) is 4.60. The highest BCUT2D eigenvalue weighted by Crippen LogP contribution is 2.36. The molecule has 2 aromatic carbocycles. The lowest BCUT2D eigenvalue weighted by atomic mass is 9.99. The number of alkyl halides is 3. The minimum Gasteiger partial charge on any atom is -0.490 e. The zero-order chi connectivity index (χ0) is 17.2. The van der Waals surface area contributed by atoms with Gasteiger partial charge in [0.1, 0.15) is 17.6 Å². The van der Waals surface area contributed by atoms with Crippen LogP contribution in [0.15, 0.2) is 36.4 Å². The van der Waals surface area contributed by atoms with Crippen LogP contribution < -0.4 is 4.74 Å². The minimum atomic E-state index is -4.78. The van der Waals surface area contributed by atoms with E-state index in [2.05, 4.69) is 0 Å². The second-order valence-electron chi connectivity index (χ2n) is 5.15. The van der Waals surface area contributed by atoms with E-state index in [0.717, 1.165) is 6.07 Å². The molecule has 0 amide bonds. The fraction of sp³-hybridized carbons (Fsp3) is 0.235. The molecule has 0 aliphatic heterocycles. The molecule has 0 bridgehead atoms. The van der Waals surface area contributed by atoms with Crippen LogP contribution in [0.25, 0.3) is 11.1 Å². The van der Waals surface area contributed by atoms with E-state index in [0.29, 0.717) is 11.8 Å². The maximum atomic E-state index is 14.2. The predicted octanol–water partition coefficient (Wildman–Crippen LogP) is 5.17. The van der Waals surface area contributed by atoms with Gasteiger partial charge in [-0.3, -0.25) is 0 Å². The molecule has 0 heterocycles. The average Bonchev–Trinajstić information content (AvgIpc) is 2.46. The zero-order valence-electron chi connectivity index (χ0n) is 12.4. The number of hydrogen-bond donors (Lipinski definition) is 0. The van der Waals surface area contributed by atoms with Gasteiger partial charge in [-0.2, -0.15) is 18.4 Å². The molecule has 0 saturated carbocycles. The lowest BCUT2D eigenvalue weighted by molar-refractivity contribution is -0.139. The molecule has 0 aliphatic rings. The number of nitrogens with zero attached hydrogens (tertiary/aromatic N) is 1. The summed E-state index contributed by atoms with van der Waals surface area (Å²) >= 11 is 0. The van der Waals surface area contributed by atoms with Gasteiger partial charge in [0.25, 0.3) is 0 Å². The average molecular weight is 323 g/mol. The molecule has 0 aliphatic carbocycles. The summed E-state index contributed by atoms with van der Waals surface area (Å²) < 4.78 is 58.0. The number of halogens is 4. The van der Waals surface area contributed by atoms with Crippen LogP contribution >= 0.6 is 0 Å². The van der Waals surface area contributed by atoms with Crippen LogP contribution in [0.3, 0.4) is 0 Å². The largest absolute Gasteiger partial charge is 0.490 e. The van der Waals surface area contributed by atoms with E-state index in [1.54, 1.807) is 13.8 Å². The van der Waals surface area contributed by atoms with Crippen molar-refractivity contribution in [2.75, 3.05) is 0 Å². The van der Waals surface area contributed by atoms with E-state index in [4.69, 9.17) is 10.00 Å². The second kappa shape index (κ2) is 6.29. The van der Waals surface area contributed by atoms with E-state index < -0.39 is 17.6 Å². The third kappa shape index (κ3) is 3.62. The van der Waals surface area contributed by atoms with Crippen molar-refractivity contribution >= 4 is 0 Å². The fourth-order valence-electron chi connectivity index (χ4n) is 2.12. The van der Waals surface area contributed by atoms with Crippen molar-refractivity contribution in [2.24, 2.45) is 0 Å². The SMILES string of the molecule is CC(C)Oc1ccc(-c2cccc(C(F)(F)F)c2F)cc1C#N. The Morgan fingerprint density at radius 2 is 1.83 bits per heavy atom. The molecule has 0 N–H and O–H groups in total. The summed E-state index contributed by atoms with van der Waals surface area (Å²) in [5.74, 6) is -1.06. The maximum Gasteiger partial charge on any atom is 0.419 e. The molecule has 2 aromatic rings. The maximum absolute atomic E-state index is 14.2. The third-order valence-electron chi connectivity index (χ3n) is 3.08. The van der Waals surface area contributed by atoms with Gasteiger partial charge in [-0.25, -0.2) is 4.39 Å². The van der Waals surface area contributed by atoms with E-state index in [1.165, 1.54) is 24.3 Å². The second-order valence-corrected chi connectivity index (χ2v) is 5.15. The molecule has 0 atom stereocenters. The van der Waals surface area contributed by atoms with Crippen molar-refractivity contribution < 1.29 is 22.3 Å². The van der Waals surface area contributed by atoms with Crippen molar-refractivity contribution in [3.63, 3.8) is 0 Å². The first-order valence-electron chi connectivity index (χ1n) is 6.81. The number of hydrogen-bond acceptors (Lipinski definition) is 2. The van der Waals surface area contributed by atoms with Crippen LogP contribution in [-0.2, 0) is 6.18 Å². The van der Waals surface area contributed by atoms with E-state index in [9.17, 15) is 17.6 Å². The summed E-state index contributed by atoms with van der Waals surface area (Å²) in [6.07, 6.45) is -4.95. The molecular formula is C17H13F4NO. The van der Waals surface area contributed by atoms with Crippen LogP contribution in [0, 0.1) is 17.1 Å². The molecule has 0 fully saturated rings. The van der Waals surface area contributed by atoms with Gasteiger partial charge in [-0.15, -0.1) is 0 Å². The number of ether oxygens (including phenoxy) is 1. The molecule has 6 heteroatoms. The first-order valence-corrected chi connectivity index (χ1v) is 6.81. The summed E-state index contributed by atoms with van der Waals surface area (Å²) in [6, 6.07) is 9.15. The van der Waals surface area contributed by atoms with Gasteiger partial charge < -0.3 is 4.74 Å². The standard InChI is InChI=1S/C17H13F4NO/c1-10(2)23-15-7-6-11(8-12(15)9-22)13-4-3-5-14(16(13)18)17(19,20)21/h3-8,10H,1-2H3. The molecule has 0 spiro atoms. The monoisotopic (exact) mass is 323 g/mol. The van der Waals surface area contributed by atoms with Gasteiger partial charge in [-0.05, 0) is 37.6 Å². The van der Waals surface area contributed by atoms with E-state index in [-0.39, 0.29) is 22.8 Å². The highest BCUT2D eigenvalue weighted by atomic mass is 19.4. The van der Waals surface area contributed by atoms with Gasteiger partial charge in [0.05, 0.1) is 17.2 Å². The normalized spacial score (nSPS) is 11.4. The topological polar surface area (TPSA) is 33.0 Å². The van der Waals surface area contributed by atoms with Gasteiger partial charge >= 0.3 is 6.18 Å². The first-order chi connectivity index (χ1) is 10.7. The molecular weight excluding hydrogens is 310 g/mol. The van der Waals surface area contributed by atoms with E-state index in [1.807, 2.05) is 6.07 Å². The van der Waals surface area contributed by atoms with Gasteiger partial charge in [0.2, 0.25) is 0 Å². The van der Waals surface area contributed by atoms with Gasteiger partial charge in [-0.1, -0.05) is 18.2 Å². The van der Waals surface area contributed by atoms with Crippen molar-refractivity contribution in [3.05, 3.63) is 53.3 Å². The summed E-state index contributed by atoms with van der Waals surface area (Å²) in [4.78, 5) is 0. The Balaban J connectivity index is 2.54. The Morgan fingerprint density at radius 1 is 1.13 bits per heavy atom. The van der Waals surface area contributed by atoms with Crippen molar-refractivity contribution in [2.45, 2.75) is 26.1 Å². The Hall–Kier alpha value is -2.55. The fourth-order valence-corrected chi connectivity index (χ4v) is 2.12. The molecule has 23 heavy (non-hydrogen) atoms. The quantitative estimate of drug-likeness (QED) is 0.730. The summed E-state index contributed by atoms with van der Waals surface area (Å²) in [5, 5.41) is 9.15.